The van der Waals surface area contributed by atoms with Gasteiger partial charge in [0.05, 0.1) is 23.2 Å². The van der Waals surface area contributed by atoms with Gasteiger partial charge in [0.15, 0.2) is 4.77 Å². The fourth-order valence-corrected chi connectivity index (χ4v) is 3.52. The van der Waals surface area contributed by atoms with Crippen LogP contribution in [0.15, 0.2) is 18.2 Å². The molecule has 1 heterocycles. The van der Waals surface area contributed by atoms with Crippen LogP contribution in [0.5, 0.6) is 0 Å². The van der Waals surface area contributed by atoms with Crippen LogP contribution in [0.1, 0.15) is 38.1 Å². The number of aliphatic hydroxyl groups is 1. The lowest BCUT2D eigenvalue weighted by Crippen LogP contribution is -2.23. The number of nitrogens with one attached hydrogen (secondary N) is 1. The Kier molecular flexibility index (Phi) is 3.65. The third-order valence-electron chi connectivity index (χ3n) is 3.95. The minimum absolute atomic E-state index is 0.0740. The van der Waals surface area contributed by atoms with Gasteiger partial charge in [0.1, 0.15) is 0 Å². The lowest BCUT2D eigenvalue weighted by Gasteiger charge is -2.22. The molecule has 1 fully saturated rings. The van der Waals surface area contributed by atoms with E-state index in [-0.39, 0.29) is 12.1 Å². The molecule has 0 bridgehead atoms. The van der Waals surface area contributed by atoms with E-state index in [1.54, 1.807) is 0 Å². The number of H-pyrrole nitrogens is 1. The molecule has 2 N–H and O–H groups in total. The third-order valence-corrected chi connectivity index (χ3v) is 4.49. The smallest absolute Gasteiger partial charge is 0.178 e. The van der Waals surface area contributed by atoms with E-state index >= 15 is 0 Å². The van der Waals surface area contributed by atoms with Crippen LogP contribution in [0.3, 0.4) is 0 Å². The molecule has 0 saturated heterocycles. The Morgan fingerprint density at radius 1 is 1.26 bits per heavy atom. The molecule has 1 aliphatic carbocycles. The Bertz CT molecular complexity index is 648. The summed E-state index contributed by atoms with van der Waals surface area (Å²) in [4.78, 5) is 3.19. The van der Waals surface area contributed by atoms with Crippen molar-refractivity contribution in [2.45, 2.75) is 44.2 Å². The summed E-state index contributed by atoms with van der Waals surface area (Å²) in [5.74, 6) is 0. The maximum atomic E-state index is 10.4. The second kappa shape index (κ2) is 5.27. The monoisotopic (exact) mass is 296 g/mol. The standard InChI is InChI=1S/C14H17ClN2OS/c15-9-6-7-11-10(8-9)16-14(19)17(11)12-4-2-1-3-5-13(12)18/h6-8,12-13,18H,1-5H2,(H,16,19). The molecule has 1 aromatic heterocycles. The lowest BCUT2D eigenvalue weighted by molar-refractivity contribution is 0.107. The minimum Gasteiger partial charge on any atom is -0.391 e. The van der Waals surface area contributed by atoms with Gasteiger partial charge in [0.25, 0.3) is 0 Å². The van der Waals surface area contributed by atoms with Gasteiger partial charge in [-0.25, -0.2) is 0 Å². The molecule has 1 aliphatic rings. The summed E-state index contributed by atoms with van der Waals surface area (Å²) in [7, 11) is 0. The molecule has 1 aromatic carbocycles. The van der Waals surface area contributed by atoms with E-state index in [0.29, 0.717) is 9.79 Å². The van der Waals surface area contributed by atoms with Crippen molar-refractivity contribution in [1.29, 1.82) is 0 Å². The summed E-state index contributed by atoms with van der Waals surface area (Å²) in [6.45, 7) is 0. The zero-order valence-electron chi connectivity index (χ0n) is 10.6. The number of fused-ring (bicyclic) bond motifs is 1. The second-order valence-corrected chi connectivity index (χ2v) is 6.06. The van der Waals surface area contributed by atoms with E-state index in [9.17, 15) is 5.11 Å². The maximum Gasteiger partial charge on any atom is 0.178 e. The summed E-state index contributed by atoms with van der Waals surface area (Å²) in [5.41, 5.74) is 1.97. The molecule has 2 atom stereocenters. The van der Waals surface area contributed by atoms with Crippen molar-refractivity contribution in [3.63, 3.8) is 0 Å². The van der Waals surface area contributed by atoms with Gasteiger partial charge in [0.2, 0.25) is 0 Å². The van der Waals surface area contributed by atoms with E-state index in [1.807, 2.05) is 18.2 Å². The highest BCUT2D eigenvalue weighted by Gasteiger charge is 2.25. The molecule has 19 heavy (non-hydrogen) atoms. The number of nitrogens with zero attached hydrogens (tertiary/aromatic N) is 1. The first-order valence-electron chi connectivity index (χ1n) is 6.74. The quantitative estimate of drug-likeness (QED) is 0.611. The molecule has 5 heteroatoms. The summed E-state index contributed by atoms with van der Waals surface area (Å²) in [5, 5.41) is 11.0. The number of hydrogen-bond acceptors (Lipinski definition) is 2. The van der Waals surface area contributed by atoms with Crippen LogP contribution in [-0.4, -0.2) is 20.8 Å². The Morgan fingerprint density at radius 3 is 2.89 bits per heavy atom. The predicted molar refractivity (Wildman–Crippen MR) is 80.3 cm³/mol. The maximum absolute atomic E-state index is 10.4. The number of aliphatic hydroxyl groups excluding tert-OH is 1. The molecular weight excluding hydrogens is 280 g/mol. The van der Waals surface area contributed by atoms with Crippen LogP contribution in [0.2, 0.25) is 5.02 Å². The number of hydrogen-bond donors (Lipinski definition) is 2. The predicted octanol–water partition coefficient (Wildman–Crippen LogP) is 4.22. The molecule has 102 valence electrons. The van der Waals surface area contributed by atoms with Crippen LogP contribution < -0.4 is 0 Å². The first-order valence-corrected chi connectivity index (χ1v) is 7.53. The molecule has 3 nitrogen and oxygen atoms in total. The summed E-state index contributed by atoms with van der Waals surface area (Å²) >= 11 is 11.4. The number of aromatic amines is 1. The van der Waals surface area contributed by atoms with E-state index in [4.69, 9.17) is 23.8 Å². The van der Waals surface area contributed by atoms with Gasteiger partial charge in [-0.1, -0.05) is 30.9 Å². The first kappa shape index (κ1) is 13.2. The highest BCUT2D eigenvalue weighted by Crippen LogP contribution is 2.31. The van der Waals surface area contributed by atoms with Gasteiger partial charge in [0, 0.05) is 5.02 Å². The van der Waals surface area contributed by atoms with Crippen LogP contribution in [0.4, 0.5) is 0 Å². The van der Waals surface area contributed by atoms with Gasteiger partial charge in [-0.15, -0.1) is 0 Å². The van der Waals surface area contributed by atoms with Crippen LogP contribution in [-0.2, 0) is 0 Å². The summed E-state index contributed by atoms with van der Waals surface area (Å²) < 4.78 is 2.74. The molecule has 0 amide bonds. The van der Waals surface area contributed by atoms with E-state index < -0.39 is 0 Å². The fourth-order valence-electron chi connectivity index (χ4n) is 3.00. The first-order chi connectivity index (χ1) is 9.16. The average molecular weight is 297 g/mol. The molecule has 0 aliphatic heterocycles. The van der Waals surface area contributed by atoms with Gasteiger partial charge in [-0.05, 0) is 43.3 Å². The zero-order valence-corrected chi connectivity index (χ0v) is 12.2. The van der Waals surface area contributed by atoms with Crippen molar-refractivity contribution in [3.05, 3.63) is 28.0 Å². The Labute approximate surface area is 122 Å². The van der Waals surface area contributed by atoms with Gasteiger partial charge >= 0.3 is 0 Å². The van der Waals surface area contributed by atoms with Crippen molar-refractivity contribution in [2.75, 3.05) is 0 Å². The molecule has 2 aromatic rings. The van der Waals surface area contributed by atoms with Crippen molar-refractivity contribution in [2.24, 2.45) is 0 Å². The van der Waals surface area contributed by atoms with Crippen LogP contribution in [0.25, 0.3) is 11.0 Å². The van der Waals surface area contributed by atoms with Gasteiger partial charge in [-0.3, -0.25) is 0 Å². The number of imidazole rings is 1. The number of aromatic nitrogens is 2. The highest BCUT2D eigenvalue weighted by molar-refractivity contribution is 7.71. The van der Waals surface area contributed by atoms with Crippen molar-refractivity contribution in [1.82, 2.24) is 9.55 Å². The lowest BCUT2D eigenvalue weighted by atomic mass is 10.1. The summed E-state index contributed by atoms with van der Waals surface area (Å²) in [6.07, 6.45) is 4.94. The molecular formula is C14H17ClN2OS. The Hall–Kier alpha value is -0.840. The molecule has 3 rings (SSSR count). The van der Waals surface area contributed by atoms with Crippen molar-refractivity contribution < 1.29 is 5.11 Å². The Balaban J connectivity index is 2.13. The topological polar surface area (TPSA) is 41.0 Å². The van der Waals surface area contributed by atoms with Crippen LogP contribution >= 0.6 is 23.8 Å². The minimum atomic E-state index is -0.316. The van der Waals surface area contributed by atoms with E-state index in [1.165, 1.54) is 6.42 Å². The van der Waals surface area contributed by atoms with Crippen molar-refractivity contribution >= 4 is 34.9 Å². The van der Waals surface area contributed by atoms with E-state index in [2.05, 4.69) is 9.55 Å². The highest BCUT2D eigenvalue weighted by atomic mass is 35.5. The number of halogens is 1. The largest absolute Gasteiger partial charge is 0.391 e. The summed E-state index contributed by atoms with van der Waals surface area (Å²) in [6, 6.07) is 5.80. The number of benzene rings is 1. The zero-order chi connectivity index (χ0) is 13.4. The Morgan fingerprint density at radius 2 is 2.05 bits per heavy atom. The van der Waals surface area contributed by atoms with Crippen molar-refractivity contribution in [3.8, 4) is 0 Å². The average Bonchev–Trinajstić information content (AvgIpc) is 2.54. The number of rotatable bonds is 1. The normalized spacial score (nSPS) is 24.5. The second-order valence-electron chi connectivity index (χ2n) is 5.23. The fraction of sp³-hybridized carbons (Fsp3) is 0.500. The van der Waals surface area contributed by atoms with Gasteiger partial charge in [-0.2, -0.15) is 0 Å². The molecule has 2 unspecified atom stereocenters. The molecule has 0 radical (unpaired) electrons. The molecule has 1 saturated carbocycles. The third kappa shape index (κ3) is 2.45. The van der Waals surface area contributed by atoms with Gasteiger partial charge < -0.3 is 14.7 Å². The van der Waals surface area contributed by atoms with Crippen LogP contribution in [0, 0.1) is 4.77 Å². The SMILES string of the molecule is OC1CCCCCC1n1c(=S)[nH]c2cc(Cl)ccc21. The molecule has 0 spiro atoms. The van der Waals surface area contributed by atoms with E-state index in [0.717, 1.165) is 36.7 Å².